The minimum Gasteiger partial charge on any atom is -0.303 e. The van der Waals surface area contributed by atoms with Gasteiger partial charge in [0.25, 0.3) is 0 Å². The van der Waals surface area contributed by atoms with E-state index < -0.39 is 0 Å². The molecule has 70 valence electrons. The van der Waals surface area contributed by atoms with Gasteiger partial charge in [-0.2, -0.15) is 0 Å². The van der Waals surface area contributed by atoms with Crippen LogP contribution in [0.25, 0.3) is 0 Å². The van der Waals surface area contributed by atoms with E-state index in [1.807, 2.05) is 0 Å². The Morgan fingerprint density at radius 3 is 2.83 bits per heavy atom. The molecule has 0 aliphatic carbocycles. The summed E-state index contributed by atoms with van der Waals surface area (Å²) in [6.45, 7) is 7.55. The molecular weight excluding hydrogens is 150 g/mol. The van der Waals surface area contributed by atoms with Crippen molar-refractivity contribution in [1.82, 2.24) is 4.90 Å². The third-order valence-electron chi connectivity index (χ3n) is 2.51. The van der Waals surface area contributed by atoms with E-state index in [2.05, 4.69) is 11.8 Å². The summed E-state index contributed by atoms with van der Waals surface area (Å²) >= 11 is 0. The molecule has 0 radical (unpaired) electrons. The molecule has 0 amide bonds. The number of hydrogen-bond acceptors (Lipinski definition) is 2. The van der Waals surface area contributed by atoms with Crippen LogP contribution in [0.1, 0.15) is 33.1 Å². The highest BCUT2D eigenvalue weighted by molar-refractivity contribution is 5.75. The van der Waals surface area contributed by atoms with E-state index in [0.717, 1.165) is 25.3 Å². The Balaban J connectivity index is 2.04. The first-order valence-electron chi connectivity index (χ1n) is 4.90. The Bertz CT molecular complexity index is 156. The normalized spacial score (nSPS) is 24.7. The molecule has 0 spiro atoms. The first-order valence-corrected chi connectivity index (χ1v) is 4.90. The van der Waals surface area contributed by atoms with E-state index in [1.54, 1.807) is 6.92 Å². The van der Waals surface area contributed by atoms with Crippen LogP contribution in [0.5, 0.6) is 0 Å². The van der Waals surface area contributed by atoms with Gasteiger partial charge in [-0.15, -0.1) is 0 Å². The van der Waals surface area contributed by atoms with Crippen molar-refractivity contribution < 1.29 is 4.79 Å². The maximum atomic E-state index is 10.7. The molecule has 1 heterocycles. The zero-order valence-corrected chi connectivity index (χ0v) is 8.18. The SMILES string of the molecule is CC(=O)CCCN1CCC(C)C1. The lowest BCUT2D eigenvalue weighted by atomic mass is 10.2. The van der Waals surface area contributed by atoms with Crippen LogP contribution < -0.4 is 0 Å². The molecule has 1 fully saturated rings. The molecule has 2 heteroatoms. The highest BCUT2D eigenvalue weighted by atomic mass is 16.1. The summed E-state index contributed by atoms with van der Waals surface area (Å²) in [6, 6.07) is 0. The summed E-state index contributed by atoms with van der Waals surface area (Å²) in [5.74, 6) is 1.18. The molecule has 12 heavy (non-hydrogen) atoms. The molecule has 1 aliphatic rings. The van der Waals surface area contributed by atoms with Crippen LogP contribution in [0.3, 0.4) is 0 Å². The molecule has 1 saturated heterocycles. The molecule has 1 unspecified atom stereocenters. The van der Waals surface area contributed by atoms with Gasteiger partial charge in [-0.1, -0.05) is 6.92 Å². The molecule has 0 aromatic carbocycles. The highest BCUT2D eigenvalue weighted by Gasteiger charge is 2.17. The molecule has 1 atom stereocenters. The van der Waals surface area contributed by atoms with E-state index in [4.69, 9.17) is 0 Å². The Morgan fingerprint density at radius 1 is 1.58 bits per heavy atom. The summed E-state index contributed by atoms with van der Waals surface area (Å²) in [7, 11) is 0. The highest BCUT2D eigenvalue weighted by Crippen LogP contribution is 2.15. The largest absolute Gasteiger partial charge is 0.303 e. The van der Waals surface area contributed by atoms with Crippen molar-refractivity contribution in [3.63, 3.8) is 0 Å². The van der Waals surface area contributed by atoms with Crippen LogP contribution in [-0.4, -0.2) is 30.3 Å². The van der Waals surface area contributed by atoms with Crippen LogP contribution >= 0.6 is 0 Å². The minimum absolute atomic E-state index is 0.322. The van der Waals surface area contributed by atoms with Crippen LogP contribution in [0.15, 0.2) is 0 Å². The lowest BCUT2D eigenvalue weighted by molar-refractivity contribution is -0.117. The number of likely N-dealkylation sites (tertiary alicyclic amines) is 1. The van der Waals surface area contributed by atoms with Gasteiger partial charge in [-0.3, -0.25) is 0 Å². The fourth-order valence-corrected chi connectivity index (χ4v) is 1.78. The van der Waals surface area contributed by atoms with Crippen molar-refractivity contribution in [2.24, 2.45) is 5.92 Å². The van der Waals surface area contributed by atoms with E-state index in [1.165, 1.54) is 19.5 Å². The smallest absolute Gasteiger partial charge is 0.129 e. The molecule has 0 saturated carbocycles. The van der Waals surface area contributed by atoms with Crippen LogP contribution in [0.2, 0.25) is 0 Å². The van der Waals surface area contributed by atoms with E-state index in [9.17, 15) is 4.79 Å². The predicted octanol–water partition coefficient (Wildman–Crippen LogP) is 1.70. The second kappa shape index (κ2) is 4.61. The number of nitrogens with zero attached hydrogens (tertiary/aromatic N) is 1. The van der Waals surface area contributed by atoms with Crippen molar-refractivity contribution in [1.29, 1.82) is 0 Å². The van der Waals surface area contributed by atoms with Gasteiger partial charge in [0.1, 0.15) is 5.78 Å². The van der Waals surface area contributed by atoms with Crippen molar-refractivity contribution in [3.8, 4) is 0 Å². The maximum absolute atomic E-state index is 10.7. The third kappa shape index (κ3) is 3.35. The summed E-state index contributed by atoms with van der Waals surface area (Å²) in [5, 5.41) is 0. The number of rotatable bonds is 4. The topological polar surface area (TPSA) is 20.3 Å². The first-order chi connectivity index (χ1) is 5.68. The van der Waals surface area contributed by atoms with Gasteiger partial charge < -0.3 is 9.69 Å². The Morgan fingerprint density at radius 2 is 2.33 bits per heavy atom. The van der Waals surface area contributed by atoms with E-state index >= 15 is 0 Å². The number of hydrogen-bond donors (Lipinski definition) is 0. The lowest BCUT2D eigenvalue weighted by Gasteiger charge is -2.13. The van der Waals surface area contributed by atoms with E-state index in [-0.39, 0.29) is 0 Å². The third-order valence-corrected chi connectivity index (χ3v) is 2.51. The number of carbonyl (C=O) groups excluding carboxylic acids is 1. The summed E-state index contributed by atoms with van der Waals surface area (Å²) in [5.41, 5.74) is 0. The molecular formula is C10H19NO. The van der Waals surface area contributed by atoms with Crippen molar-refractivity contribution in [3.05, 3.63) is 0 Å². The van der Waals surface area contributed by atoms with Gasteiger partial charge in [-0.05, 0) is 38.8 Å². The molecule has 2 nitrogen and oxygen atoms in total. The minimum atomic E-state index is 0.322. The molecule has 1 aliphatic heterocycles. The average Bonchev–Trinajstić information content (AvgIpc) is 2.35. The molecule has 0 aromatic heterocycles. The van der Waals surface area contributed by atoms with Crippen LogP contribution in [0.4, 0.5) is 0 Å². The summed E-state index contributed by atoms with van der Waals surface area (Å²) in [4.78, 5) is 13.1. The Hall–Kier alpha value is -0.370. The zero-order valence-electron chi connectivity index (χ0n) is 8.18. The second-order valence-corrected chi connectivity index (χ2v) is 4.00. The van der Waals surface area contributed by atoms with E-state index in [0.29, 0.717) is 5.78 Å². The predicted molar refractivity (Wildman–Crippen MR) is 50.1 cm³/mol. The average molecular weight is 169 g/mol. The van der Waals surface area contributed by atoms with Gasteiger partial charge in [0.05, 0.1) is 0 Å². The molecule has 0 aromatic rings. The number of carbonyl (C=O) groups is 1. The van der Waals surface area contributed by atoms with Crippen LogP contribution in [0, 0.1) is 5.92 Å². The Labute approximate surface area is 74.9 Å². The molecule has 0 N–H and O–H groups in total. The monoisotopic (exact) mass is 169 g/mol. The van der Waals surface area contributed by atoms with Gasteiger partial charge >= 0.3 is 0 Å². The number of Topliss-reactive ketones (excluding diaryl/α,β-unsaturated/α-hetero) is 1. The van der Waals surface area contributed by atoms with Gasteiger partial charge in [0.15, 0.2) is 0 Å². The second-order valence-electron chi connectivity index (χ2n) is 4.00. The molecule has 0 bridgehead atoms. The summed E-state index contributed by atoms with van der Waals surface area (Å²) < 4.78 is 0. The fourth-order valence-electron chi connectivity index (χ4n) is 1.78. The standard InChI is InChI=1S/C10H19NO/c1-9-5-7-11(8-9)6-3-4-10(2)12/h9H,3-8H2,1-2H3. The number of ketones is 1. The van der Waals surface area contributed by atoms with Crippen molar-refractivity contribution in [2.45, 2.75) is 33.1 Å². The zero-order chi connectivity index (χ0) is 8.97. The molecule has 1 rings (SSSR count). The quantitative estimate of drug-likeness (QED) is 0.638. The van der Waals surface area contributed by atoms with Crippen LogP contribution in [-0.2, 0) is 4.79 Å². The van der Waals surface area contributed by atoms with Crippen molar-refractivity contribution in [2.75, 3.05) is 19.6 Å². The van der Waals surface area contributed by atoms with Gasteiger partial charge in [0, 0.05) is 13.0 Å². The van der Waals surface area contributed by atoms with Gasteiger partial charge in [-0.25, -0.2) is 0 Å². The maximum Gasteiger partial charge on any atom is 0.129 e. The lowest BCUT2D eigenvalue weighted by Crippen LogP contribution is -2.21. The Kier molecular flexibility index (Phi) is 3.73. The summed E-state index contributed by atoms with van der Waals surface area (Å²) in [6.07, 6.45) is 3.13. The first kappa shape index (κ1) is 9.72. The van der Waals surface area contributed by atoms with Crippen molar-refractivity contribution >= 4 is 5.78 Å². The fraction of sp³-hybridized carbons (Fsp3) is 0.900. The van der Waals surface area contributed by atoms with Gasteiger partial charge in [0.2, 0.25) is 0 Å².